The highest BCUT2D eigenvalue weighted by Crippen LogP contribution is 2.56. The van der Waals surface area contributed by atoms with E-state index < -0.39 is 11.9 Å². The van der Waals surface area contributed by atoms with Crippen molar-refractivity contribution in [3.05, 3.63) is 59.7 Å². The summed E-state index contributed by atoms with van der Waals surface area (Å²) in [6, 6.07) is 12.2. The molecule has 3 amide bonds. The molecule has 3 aliphatic rings. The van der Waals surface area contributed by atoms with Crippen LogP contribution in [0.5, 0.6) is 0 Å². The van der Waals surface area contributed by atoms with Crippen molar-refractivity contribution >= 4 is 35.1 Å². The summed E-state index contributed by atoms with van der Waals surface area (Å²) >= 11 is 0. The van der Waals surface area contributed by atoms with Crippen LogP contribution in [0.25, 0.3) is 0 Å². The highest BCUT2D eigenvalue weighted by molar-refractivity contribution is 6.23. The summed E-state index contributed by atoms with van der Waals surface area (Å²) < 4.78 is 0. The van der Waals surface area contributed by atoms with Crippen molar-refractivity contribution in [1.82, 2.24) is 0 Å². The number of anilines is 2. The molecule has 0 unspecified atom stereocenters. The van der Waals surface area contributed by atoms with Crippen LogP contribution in [0, 0.1) is 23.7 Å². The van der Waals surface area contributed by atoms with E-state index in [0.29, 0.717) is 23.2 Å². The largest absolute Gasteiger partial charge is 0.545 e. The Morgan fingerprint density at radius 2 is 1.53 bits per heavy atom. The molecule has 2 aliphatic carbocycles. The van der Waals surface area contributed by atoms with Gasteiger partial charge in [0, 0.05) is 11.3 Å². The molecule has 3 fully saturated rings. The van der Waals surface area contributed by atoms with E-state index in [-0.39, 0.29) is 34.8 Å². The molecule has 1 N–H and O–H groups in total. The van der Waals surface area contributed by atoms with Gasteiger partial charge in [-0.1, -0.05) is 18.2 Å². The highest BCUT2D eigenvalue weighted by atomic mass is 16.4. The molecular formula is C23H19N2O5-. The molecule has 0 aromatic heterocycles. The van der Waals surface area contributed by atoms with Gasteiger partial charge in [0.15, 0.2) is 0 Å². The monoisotopic (exact) mass is 403 g/mol. The maximum absolute atomic E-state index is 13.0. The second kappa shape index (κ2) is 6.79. The van der Waals surface area contributed by atoms with Crippen LogP contribution in [-0.4, -0.2) is 23.7 Å². The fourth-order valence-electron chi connectivity index (χ4n) is 5.38. The molecule has 2 bridgehead atoms. The number of carbonyl (C=O) groups is 4. The average Bonchev–Trinajstić information content (AvgIpc) is 3.42. The highest BCUT2D eigenvalue weighted by Gasteiger charge is 2.61. The molecular weight excluding hydrogens is 384 g/mol. The fourth-order valence-corrected chi connectivity index (χ4v) is 5.38. The maximum atomic E-state index is 13.0. The number of fused-ring (bicyclic) bond motifs is 5. The van der Waals surface area contributed by atoms with Crippen molar-refractivity contribution in [2.75, 3.05) is 10.2 Å². The zero-order valence-electron chi connectivity index (χ0n) is 16.0. The second-order valence-corrected chi connectivity index (χ2v) is 8.27. The molecule has 1 saturated heterocycles. The zero-order chi connectivity index (χ0) is 21.0. The summed E-state index contributed by atoms with van der Waals surface area (Å²) in [5.41, 5.74) is 0.935. The molecule has 0 radical (unpaired) electrons. The van der Waals surface area contributed by atoms with Gasteiger partial charge in [-0.15, -0.1) is 0 Å². The van der Waals surface area contributed by atoms with Gasteiger partial charge in [0.1, 0.15) is 0 Å². The first-order chi connectivity index (χ1) is 14.4. The van der Waals surface area contributed by atoms with Gasteiger partial charge < -0.3 is 15.2 Å². The van der Waals surface area contributed by atoms with Crippen LogP contribution in [0.3, 0.4) is 0 Å². The third-order valence-corrected chi connectivity index (χ3v) is 6.65. The van der Waals surface area contributed by atoms with Crippen molar-refractivity contribution in [2.24, 2.45) is 23.7 Å². The van der Waals surface area contributed by atoms with Crippen LogP contribution in [0.15, 0.2) is 48.5 Å². The van der Waals surface area contributed by atoms with Crippen LogP contribution < -0.4 is 15.3 Å². The molecule has 5 rings (SSSR count). The Hall–Kier alpha value is -3.48. The quantitative estimate of drug-likeness (QED) is 0.784. The number of carboxylic acid groups (broad SMARTS) is 1. The number of hydrogen-bond acceptors (Lipinski definition) is 5. The third kappa shape index (κ3) is 2.81. The third-order valence-electron chi connectivity index (χ3n) is 6.65. The molecule has 7 heteroatoms. The topological polar surface area (TPSA) is 107 Å². The van der Waals surface area contributed by atoms with Crippen molar-refractivity contribution in [3.63, 3.8) is 0 Å². The van der Waals surface area contributed by atoms with Gasteiger partial charge in [0.2, 0.25) is 11.8 Å². The van der Waals surface area contributed by atoms with Gasteiger partial charge in [-0.2, -0.15) is 0 Å². The van der Waals surface area contributed by atoms with Gasteiger partial charge in [-0.25, -0.2) is 0 Å². The smallest absolute Gasteiger partial charge is 0.255 e. The number of carboxylic acids is 1. The normalized spacial score (nSPS) is 26.7. The molecule has 1 heterocycles. The number of nitrogens with one attached hydrogen (secondary N) is 1. The Kier molecular flexibility index (Phi) is 4.20. The van der Waals surface area contributed by atoms with Crippen LogP contribution in [0.2, 0.25) is 0 Å². The van der Waals surface area contributed by atoms with Gasteiger partial charge in [0.05, 0.1) is 23.5 Å². The van der Waals surface area contributed by atoms with E-state index in [4.69, 9.17) is 0 Å². The molecule has 1 aliphatic heterocycles. The van der Waals surface area contributed by atoms with Crippen LogP contribution in [0.4, 0.5) is 11.4 Å². The molecule has 7 nitrogen and oxygen atoms in total. The zero-order valence-corrected chi connectivity index (χ0v) is 16.0. The molecule has 30 heavy (non-hydrogen) atoms. The van der Waals surface area contributed by atoms with E-state index in [1.807, 2.05) is 0 Å². The predicted octanol–water partition coefficient (Wildman–Crippen LogP) is 1.84. The first-order valence-electron chi connectivity index (χ1n) is 10.0. The van der Waals surface area contributed by atoms with E-state index in [2.05, 4.69) is 5.32 Å². The Morgan fingerprint density at radius 1 is 0.900 bits per heavy atom. The van der Waals surface area contributed by atoms with Gasteiger partial charge >= 0.3 is 0 Å². The molecule has 152 valence electrons. The van der Waals surface area contributed by atoms with Crippen LogP contribution in [0.1, 0.15) is 40.0 Å². The Morgan fingerprint density at radius 3 is 2.20 bits per heavy atom. The van der Waals surface area contributed by atoms with E-state index in [1.54, 1.807) is 24.3 Å². The summed E-state index contributed by atoms with van der Waals surface area (Å²) in [6.07, 6.45) is 2.98. The number of carbonyl (C=O) groups excluding carboxylic acids is 4. The predicted molar refractivity (Wildman–Crippen MR) is 105 cm³/mol. The summed E-state index contributed by atoms with van der Waals surface area (Å²) in [4.78, 5) is 50.9. The minimum Gasteiger partial charge on any atom is -0.545 e. The number of rotatable bonds is 4. The lowest BCUT2D eigenvalue weighted by Gasteiger charge is -2.19. The summed E-state index contributed by atoms with van der Waals surface area (Å²) in [6.45, 7) is 0. The number of hydrogen-bond donors (Lipinski definition) is 1. The number of amides is 3. The Balaban J connectivity index is 1.39. The fraction of sp³-hybridized carbons (Fsp3) is 0.304. The SMILES string of the molecule is O=C([O-])c1cccc(NC(=O)c2cccc(N3C(=O)[C@H]4[C@H]5CC[C@@H](C5)[C@@H]4C3=O)c2)c1. The van der Waals surface area contributed by atoms with E-state index in [1.165, 1.54) is 29.2 Å². The van der Waals surface area contributed by atoms with Gasteiger partial charge in [-0.3, -0.25) is 19.3 Å². The number of aromatic carboxylic acids is 1. The minimum absolute atomic E-state index is 0.0454. The van der Waals surface area contributed by atoms with Crippen molar-refractivity contribution < 1.29 is 24.3 Å². The lowest BCUT2D eigenvalue weighted by atomic mass is 9.81. The summed E-state index contributed by atoms with van der Waals surface area (Å²) in [5.74, 6) is -1.96. The number of benzene rings is 2. The minimum atomic E-state index is -1.33. The lowest BCUT2D eigenvalue weighted by molar-refractivity contribution is -0.255. The number of nitrogens with zero attached hydrogens (tertiary/aromatic N) is 1. The first-order valence-corrected chi connectivity index (χ1v) is 10.0. The van der Waals surface area contributed by atoms with Gasteiger partial charge in [0.25, 0.3) is 5.91 Å². The second-order valence-electron chi connectivity index (χ2n) is 8.27. The Bertz CT molecular complexity index is 1070. The van der Waals surface area contributed by atoms with Gasteiger partial charge in [-0.05, 0) is 67.0 Å². The standard InChI is InChI=1S/C23H20N2O5/c26-20(24-16-5-1-4-15(10-16)23(29)30)14-3-2-6-17(11-14)25-21(27)18-12-7-8-13(9-12)19(18)22(25)28/h1-6,10-13,18-19H,7-9H2,(H,24,26)(H,29,30)/p-1/t12-,13-,18-,19-/m0/s1. The number of imide groups is 1. The van der Waals surface area contributed by atoms with Crippen molar-refractivity contribution in [2.45, 2.75) is 19.3 Å². The van der Waals surface area contributed by atoms with Crippen LogP contribution >= 0.6 is 0 Å². The molecule has 0 spiro atoms. The first kappa shape index (κ1) is 18.5. The van der Waals surface area contributed by atoms with E-state index in [9.17, 15) is 24.3 Å². The average molecular weight is 403 g/mol. The van der Waals surface area contributed by atoms with E-state index in [0.717, 1.165) is 19.3 Å². The van der Waals surface area contributed by atoms with Crippen molar-refractivity contribution in [1.29, 1.82) is 0 Å². The summed E-state index contributed by atoms with van der Waals surface area (Å²) in [7, 11) is 0. The molecule has 2 aromatic carbocycles. The maximum Gasteiger partial charge on any atom is 0.255 e. The lowest BCUT2D eigenvalue weighted by Crippen LogP contribution is -2.33. The van der Waals surface area contributed by atoms with E-state index >= 15 is 0 Å². The summed E-state index contributed by atoms with van der Waals surface area (Å²) in [5, 5.41) is 13.6. The van der Waals surface area contributed by atoms with Crippen molar-refractivity contribution in [3.8, 4) is 0 Å². The Labute approximate surface area is 172 Å². The molecule has 2 aromatic rings. The molecule has 2 saturated carbocycles. The van der Waals surface area contributed by atoms with Crippen LogP contribution in [-0.2, 0) is 9.59 Å². The molecule has 4 atom stereocenters.